The first-order valence-electron chi connectivity index (χ1n) is 6.86. The van der Waals surface area contributed by atoms with E-state index in [1.165, 1.54) is 0 Å². The van der Waals surface area contributed by atoms with E-state index in [4.69, 9.17) is 0 Å². The fraction of sp³-hybridized carbons (Fsp3) is 0.846. The summed E-state index contributed by atoms with van der Waals surface area (Å²) in [5.74, 6) is 0.131. The number of fused-ring (bicyclic) bond motifs is 1. The van der Waals surface area contributed by atoms with Crippen LogP contribution in [-0.2, 0) is 20.4 Å². The smallest absolute Gasteiger partial charge is 0.246 e. The molecule has 0 aromatic carbocycles. The first-order chi connectivity index (χ1) is 8.93. The van der Waals surface area contributed by atoms with Crippen molar-refractivity contribution in [3.8, 4) is 0 Å². The third-order valence-electron chi connectivity index (χ3n) is 4.27. The summed E-state index contributed by atoms with van der Waals surface area (Å²) in [4.78, 5) is 28.0. The molecule has 0 aromatic heterocycles. The molecule has 2 fully saturated rings. The molecule has 0 bridgehead atoms. The fourth-order valence-corrected chi connectivity index (χ4v) is 3.27. The van der Waals surface area contributed by atoms with Gasteiger partial charge in [-0.3, -0.25) is 13.8 Å². The van der Waals surface area contributed by atoms with Crippen LogP contribution in [0, 0.1) is 0 Å². The number of rotatable bonds is 4. The molecule has 0 saturated carbocycles. The molecular formula is C13H22N2O3S. The highest BCUT2D eigenvalue weighted by atomic mass is 32.2. The summed E-state index contributed by atoms with van der Waals surface area (Å²) >= 11 is 0. The molecule has 2 aliphatic heterocycles. The molecule has 2 saturated heterocycles. The average molecular weight is 286 g/mol. The Morgan fingerprint density at radius 1 is 1.37 bits per heavy atom. The third kappa shape index (κ3) is 2.68. The molecule has 19 heavy (non-hydrogen) atoms. The standard InChI is InChI=1S/C13H22N2O3S/c1-9(19(3)18)6-8-14-10(2)12(16)15-7-4-5-11(15)13(14)17/h9-11H,4-8H2,1-3H3. The van der Waals surface area contributed by atoms with Crippen molar-refractivity contribution >= 4 is 22.6 Å². The first kappa shape index (κ1) is 14.5. The van der Waals surface area contributed by atoms with Crippen LogP contribution in [-0.4, -0.2) is 62.5 Å². The van der Waals surface area contributed by atoms with Crippen molar-refractivity contribution in [1.82, 2.24) is 9.80 Å². The van der Waals surface area contributed by atoms with E-state index < -0.39 is 10.8 Å². The van der Waals surface area contributed by atoms with Gasteiger partial charge in [-0.05, 0) is 26.2 Å². The highest BCUT2D eigenvalue weighted by Gasteiger charge is 2.45. The van der Waals surface area contributed by atoms with Crippen molar-refractivity contribution in [3.05, 3.63) is 0 Å². The van der Waals surface area contributed by atoms with Crippen LogP contribution < -0.4 is 0 Å². The SMILES string of the molecule is CC1C(=O)N2CCCC2C(=O)N1CCC(C)S(C)=O. The zero-order valence-electron chi connectivity index (χ0n) is 11.8. The zero-order valence-corrected chi connectivity index (χ0v) is 12.6. The lowest BCUT2D eigenvalue weighted by Gasteiger charge is -2.41. The summed E-state index contributed by atoms with van der Waals surface area (Å²) in [7, 11) is -0.884. The van der Waals surface area contributed by atoms with Crippen molar-refractivity contribution in [3.63, 3.8) is 0 Å². The minimum atomic E-state index is -0.884. The van der Waals surface area contributed by atoms with Gasteiger partial charge in [0.1, 0.15) is 12.1 Å². The summed E-state index contributed by atoms with van der Waals surface area (Å²) in [5, 5.41) is 0.0525. The van der Waals surface area contributed by atoms with Gasteiger partial charge in [0.05, 0.1) is 0 Å². The number of hydrogen-bond donors (Lipinski definition) is 0. The molecule has 4 atom stereocenters. The molecule has 5 nitrogen and oxygen atoms in total. The van der Waals surface area contributed by atoms with E-state index in [2.05, 4.69) is 0 Å². The number of carbonyl (C=O) groups excluding carboxylic acids is 2. The van der Waals surface area contributed by atoms with Crippen molar-refractivity contribution in [2.24, 2.45) is 0 Å². The molecule has 0 N–H and O–H groups in total. The molecule has 6 heteroatoms. The monoisotopic (exact) mass is 286 g/mol. The van der Waals surface area contributed by atoms with Gasteiger partial charge in [0, 0.05) is 35.4 Å². The topological polar surface area (TPSA) is 57.7 Å². The van der Waals surface area contributed by atoms with Crippen LogP contribution in [0.1, 0.15) is 33.1 Å². The molecule has 2 rings (SSSR count). The maximum atomic E-state index is 12.4. The van der Waals surface area contributed by atoms with Crippen LogP contribution in [0.2, 0.25) is 0 Å². The van der Waals surface area contributed by atoms with Crippen LogP contribution in [0.3, 0.4) is 0 Å². The molecule has 108 valence electrons. The van der Waals surface area contributed by atoms with Crippen molar-refractivity contribution in [1.29, 1.82) is 0 Å². The van der Waals surface area contributed by atoms with E-state index in [9.17, 15) is 13.8 Å². The minimum Gasteiger partial charge on any atom is -0.329 e. The van der Waals surface area contributed by atoms with E-state index in [1.807, 2.05) is 6.92 Å². The number of hydrogen-bond acceptors (Lipinski definition) is 3. The van der Waals surface area contributed by atoms with Crippen molar-refractivity contribution in [2.45, 2.75) is 50.4 Å². The van der Waals surface area contributed by atoms with Crippen molar-refractivity contribution < 1.29 is 13.8 Å². The van der Waals surface area contributed by atoms with Gasteiger partial charge >= 0.3 is 0 Å². The van der Waals surface area contributed by atoms with Crippen LogP contribution >= 0.6 is 0 Å². The second-order valence-electron chi connectivity index (χ2n) is 5.50. The average Bonchev–Trinajstić information content (AvgIpc) is 2.85. The molecule has 0 aliphatic carbocycles. The maximum Gasteiger partial charge on any atom is 0.246 e. The fourth-order valence-electron chi connectivity index (χ4n) is 2.83. The van der Waals surface area contributed by atoms with Crippen LogP contribution in [0.4, 0.5) is 0 Å². The summed E-state index contributed by atoms with van der Waals surface area (Å²) in [6.45, 7) is 4.95. The first-order valence-corrected chi connectivity index (χ1v) is 8.48. The van der Waals surface area contributed by atoms with Crippen molar-refractivity contribution in [2.75, 3.05) is 19.3 Å². The molecule has 0 aromatic rings. The largest absolute Gasteiger partial charge is 0.329 e. The lowest BCUT2D eigenvalue weighted by Crippen LogP contribution is -2.62. The lowest BCUT2D eigenvalue weighted by atomic mass is 10.1. The van der Waals surface area contributed by atoms with Gasteiger partial charge in [-0.15, -0.1) is 0 Å². The predicted molar refractivity (Wildman–Crippen MR) is 74.1 cm³/mol. The lowest BCUT2D eigenvalue weighted by molar-refractivity contribution is -0.158. The normalized spacial score (nSPS) is 30.5. The Bertz CT molecular complexity index is 413. The van der Waals surface area contributed by atoms with E-state index in [1.54, 1.807) is 23.0 Å². The molecular weight excluding hydrogens is 264 g/mol. The Morgan fingerprint density at radius 2 is 2.05 bits per heavy atom. The molecule has 4 unspecified atom stereocenters. The van der Waals surface area contributed by atoms with Gasteiger partial charge in [-0.2, -0.15) is 0 Å². The summed E-state index contributed by atoms with van der Waals surface area (Å²) in [5.41, 5.74) is 0. The van der Waals surface area contributed by atoms with E-state index >= 15 is 0 Å². The van der Waals surface area contributed by atoms with Crippen LogP contribution in [0.5, 0.6) is 0 Å². The van der Waals surface area contributed by atoms with Gasteiger partial charge in [-0.1, -0.05) is 6.92 Å². The molecule has 0 radical (unpaired) electrons. The Hall–Kier alpha value is -0.910. The Kier molecular flexibility index (Phi) is 4.28. The quantitative estimate of drug-likeness (QED) is 0.750. The highest BCUT2D eigenvalue weighted by Crippen LogP contribution is 2.27. The summed E-state index contributed by atoms with van der Waals surface area (Å²) in [6, 6.07) is -0.620. The molecule has 2 heterocycles. The Labute approximate surface area is 116 Å². The number of amides is 2. The summed E-state index contributed by atoms with van der Waals surface area (Å²) < 4.78 is 11.4. The van der Waals surface area contributed by atoms with Gasteiger partial charge < -0.3 is 9.80 Å². The van der Waals surface area contributed by atoms with Crippen LogP contribution in [0.25, 0.3) is 0 Å². The maximum absolute atomic E-state index is 12.4. The van der Waals surface area contributed by atoms with E-state index in [-0.39, 0.29) is 29.1 Å². The van der Waals surface area contributed by atoms with Crippen LogP contribution in [0.15, 0.2) is 0 Å². The predicted octanol–water partition coefficient (Wildman–Crippen LogP) is 0.365. The number of nitrogens with zero attached hydrogens (tertiary/aromatic N) is 2. The second-order valence-corrected chi connectivity index (χ2v) is 7.30. The molecule has 0 spiro atoms. The highest BCUT2D eigenvalue weighted by molar-refractivity contribution is 7.84. The Balaban J connectivity index is 2.05. The zero-order chi connectivity index (χ0) is 14.2. The van der Waals surface area contributed by atoms with E-state index in [0.717, 1.165) is 12.8 Å². The molecule has 2 amide bonds. The minimum absolute atomic E-state index is 0.0525. The number of carbonyl (C=O) groups is 2. The Morgan fingerprint density at radius 3 is 2.68 bits per heavy atom. The third-order valence-corrected chi connectivity index (χ3v) is 5.64. The van der Waals surface area contributed by atoms with Gasteiger partial charge in [-0.25, -0.2) is 0 Å². The molecule has 2 aliphatic rings. The van der Waals surface area contributed by atoms with E-state index in [0.29, 0.717) is 19.5 Å². The van der Waals surface area contributed by atoms with Gasteiger partial charge in [0.2, 0.25) is 11.8 Å². The second kappa shape index (κ2) is 5.61. The van der Waals surface area contributed by atoms with Gasteiger partial charge in [0.25, 0.3) is 0 Å². The summed E-state index contributed by atoms with van der Waals surface area (Å²) in [6.07, 6.45) is 4.05. The van der Waals surface area contributed by atoms with Gasteiger partial charge in [0.15, 0.2) is 0 Å². The number of piperazine rings is 1.